The van der Waals surface area contributed by atoms with E-state index < -0.39 is 81.1 Å². The smallest absolute Gasteiger partial charge is 0.301 e. The topological polar surface area (TPSA) is 229 Å². The summed E-state index contributed by atoms with van der Waals surface area (Å²) >= 11 is 1.57. The van der Waals surface area contributed by atoms with Crippen molar-refractivity contribution in [1.29, 1.82) is 0 Å². The van der Waals surface area contributed by atoms with E-state index in [2.05, 4.69) is 40.3 Å². The van der Waals surface area contributed by atoms with Gasteiger partial charge in [0.05, 0.1) is 57.6 Å². The van der Waals surface area contributed by atoms with Crippen molar-refractivity contribution in [3.63, 3.8) is 0 Å². The van der Waals surface area contributed by atoms with Gasteiger partial charge in [0, 0.05) is 94.2 Å². The maximum Gasteiger partial charge on any atom is 0.301 e. The minimum atomic E-state index is -4.38. The molecule has 4 saturated heterocycles. The Balaban J connectivity index is 0.678. The zero-order valence-corrected chi connectivity index (χ0v) is 47.3. The quantitative estimate of drug-likeness (QED) is 0.0671. The first-order chi connectivity index (χ1) is 38.7. The molecule has 4 aliphatic rings. The third kappa shape index (κ3) is 13.0. The van der Waals surface area contributed by atoms with Crippen LogP contribution < -0.4 is 20.3 Å². The number of H-pyrrole nitrogens is 1. The van der Waals surface area contributed by atoms with Gasteiger partial charge >= 0.3 is 10.2 Å². The fourth-order valence-corrected chi connectivity index (χ4v) is 13.3. The maximum atomic E-state index is 15.8. The Kier molecular flexibility index (Phi) is 17.0. The Labute approximate surface area is 472 Å². The number of aryl methyl sites for hydroxylation is 1. The number of carbonyl (C=O) groups excluding carboxylic acids is 4. The van der Waals surface area contributed by atoms with Crippen molar-refractivity contribution in [1.82, 2.24) is 49.6 Å². The molecule has 8 heterocycles. The first-order valence-electron chi connectivity index (χ1n) is 27.3. The van der Waals surface area contributed by atoms with E-state index in [4.69, 9.17) is 4.98 Å². The number of piperazine rings is 1. The second-order valence-corrected chi connectivity index (χ2v) is 25.2. The number of carbonyl (C=O) groups is 4. The molecule has 10 rings (SSSR count). The molecule has 430 valence electrons. The van der Waals surface area contributed by atoms with E-state index in [-0.39, 0.29) is 67.4 Å². The van der Waals surface area contributed by atoms with Crippen LogP contribution in [0.1, 0.15) is 73.6 Å². The number of benzene rings is 2. The molecule has 19 nitrogen and oxygen atoms in total. The van der Waals surface area contributed by atoms with Gasteiger partial charge in [0.1, 0.15) is 29.7 Å². The van der Waals surface area contributed by atoms with Crippen LogP contribution in [0.3, 0.4) is 0 Å². The summed E-state index contributed by atoms with van der Waals surface area (Å²) in [6.07, 6.45) is 4.34. The number of ketones is 1. The third-order valence-corrected chi connectivity index (χ3v) is 18.3. The van der Waals surface area contributed by atoms with Gasteiger partial charge in [-0.3, -0.25) is 38.7 Å². The number of amides is 3. The molecular formula is C57H67F3N12O7S2. The molecule has 4 aromatic heterocycles. The molecule has 0 bridgehead atoms. The molecule has 4 fully saturated rings. The Bertz CT molecular complexity index is 3400. The second-order valence-electron chi connectivity index (χ2n) is 22.6. The molecule has 24 heteroatoms. The highest BCUT2D eigenvalue weighted by Gasteiger charge is 2.45. The Morgan fingerprint density at radius 1 is 0.877 bits per heavy atom. The monoisotopic (exact) mass is 1150 g/mol. The van der Waals surface area contributed by atoms with E-state index in [0.29, 0.717) is 17.2 Å². The van der Waals surface area contributed by atoms with Crippen LogP contribution in [0.2, 0.25) is 0 Å². The van der Waals surface area contributed by atoms with Crippen molar-refractivity contribution >= 4 is 67.5 Å². The summed E-state index contributed by atoms with van der Waals surface area (Å²) in [5.74, 6) is -4.20. The van der Waals surface area contributed by atoms with Crippen molar-refractivity contribution in [2.45, 2.75) is 84.3 Å². The molecular weight excluding hydrogens is 1090 g/mol. The zero-order chi connectivity index (χ0) is 57.3. The van der Waals surface area contributed by atoms with Crippen LogP contribution in [-0.2, 0) is 31.1 Å². The van der Waals surface area contributed by atoms with Gasteiger partial charge in [0.15, 0.2) is 5.82 Å². The molecule has 4 aliphatic heterocycles. The summed E-state index contributed by atoms with van der Waals surface area (Å²) in [6, 6.07) is 13.2. The minimum absolute atomic E-state index is 0.00296. The number of pyridine rings is 2. The summed E-state index contributed by atoms with van der Waals surface area (Å²) in [7, 11) is -4.38. The highest BCUT2D eigenvalue weighted by atomic mass is 32.2. The fraction of sp³-hybridized carbons (Fsp3) is 0.456. The number of aromatic nitrogens is 4. The number of nitrogens with zero attached hydrogens (tertiary/aromatic N) is 8. The van der Waals surface area contributed by atoms with Gasteiger partial charge in [-0.25, -0.2) is 23.1 Å². The summed E-state index contributed by atoms with van der Waals surface area (Å²) in [6.45, 7) is 13.2. The number of β-amino-alcohol motifs (C(OH)–C–C–N with tert-alkyl or cyclic N) is 1. The number of likely N-dealkylation sites (tertiary alicyclic amines) is 2. The number of aliphatic hydroxyl groups excluding tert-OH is 1. The zero-order valence-electron chi connectivity index (χ0n) is 45.6. The van der Waals surface area contributed by atoms with Crippen molar-refractivity contribution in [3.05, 3.63) is 113 Å². The molecule has 0 spiro atoms. The van der Waals surface area contributed by atoms with E-state index >= 15 is 8.78 Å². The van der Waals surface area contributed by atoms with Crippen LogP contribution in [0.25, 0.3) is 32.7 Å². The Morgan fingerprint density at radius 2 is 1.63 bits per heavy atom. The van der Waals surface area contributed by atoms with Gasteiger partial charge in [0.25, 0.3) is 0 Å². The van der Waals surface area contributed by atoms with Crippen LogP contribution >= 0.6 is 11.3 Å². The number of halogens is 3. The number of piperidine rings is 1. The van der Waals surface area contributed by atoms with Crippen LogP contribution in [0.15, 0.2) is 78.7 Å². The summed E-state index contributed by atoms with van der Waals surface area (Å²) in [4.78, 5) is 81.0. The molecule has 3 amide bonds. The number of fused-ring (bicyclic) bond motifs is 1. The van der Waals surface area contributed by atoms with Crippen LogP contribution in [-0.4, -0.2) is 172 Å². The minimum Gasteiger partial charge on any atom is -0.391 e. The van der Waals surface area contributed by atoms with Crippen LogP contribution in [0, 0.1) is 29.9 Å². The van der Waals surface area contributed by atoms with E-state index in [1.165, 1.54) is 11.1 Å². The lowest BCUT2D eigenvalue weighted by molar-refractivity contribution is -0.144. The number of hydrogen-bond acceptors (Lipinski definition) is 14. The first kappa shape index (κ1) is 57.4. The highest BCUT2D eigenvalue weighted by Crippen LogP contribution is 2.33. The molecule has 6 aromatic rings. The SMILES string of the molecule is Cc1ncsc1-c1ccc(CNC(=O)[C@@H]2C[C@@H](O)CN2C(=O)[C@@H](NC(=O)CN2CCC(CN3CCN(c4ccc(-c5cnc6[nH]cc(C(=O)c7c(F)ccc(NS(=O)(=O)N8CC[C@@H](F)C8)c7F)c6c5)nc4)CC3)CC2)C(C)(C)C)cc1. The Morgan fingerprint density at radius 3 is 2.30 bits per heavy atom. The molecule has 81 heavy (non-hydrogen) atoms. The molecule has 0 unspecified atom stereocenters. The normalized spacial score (nSPS) is 20.2. The van der Waals surface area contributed by atoms with E-state index in [1.807, 2.05) is 74.3 Å². The van der Waals surface area contributed by atoms with Crippen molar-refractivity contribution in [2.75, 3.05) is 81.6 Å². The summed E-state index contributed by atoms with van der Waals surface area (Å²) in [5.41, 5.74) is 4.66. The van der Waals surface area contributed by atoms with Gasteiger partial charge in [0.2, 0.25) is 23.5 Å². The second kappa shape index (κ2) is 23.9. The van der Waals surface area contributed by atoms with Gasteiger partial charge in [-0.2, -0.15) is 12.7 Å². The number of nitrogens with one attached hydrogen (secondary N) is 4. The Hall–Kier alpha value is -6.83. The van der Waals surface area contributed by atoms with E-state index in [9.17, 15) is 37.1 Å². The maximum absolute atomic E-state index is 15.8. The largest absolute Gasteiger partial charge is 0.391 e. The molecule has 4 atom stereocenters. The number of aromatic amines is 1. The average molecular weight is 1150 g/mol. The fourth-order valence-electron chi connectivity index (χ4n) is 11.2. The van der Waals surface area contributed by atoms with E-state index in [0.717, 1.165) is 102 Å². The summed E-state index contributed by atoms with van der Waals surface area (Å²) < 4.78 is 73.4. The van der Waals surface area contributed by atoms with E-state index in [1.54, 1.807) is 29.8 Å². The molecule has 0 saturated carbocycles. The number of anilines is 2. The molecule has 0 radical (unpaired) electrons. The van der Waals surface area contributed by atoms with Gasteiger partial charge in [-0.05, 0) is 92.1 Å². The lowest BCUT2D eigenvalue weighted by Gasteiger charge is -2.39. The van der Waals surface area contributed by atoms with Crippen LogP contribution in [0.5, 0.6) is 0 Å². The van der Waals surface area contributed by atoms with Gasteiger partial charge < -0.3 is 30.5 Å². The predicted molar refractivity (Wildman–Crippen MR) is 302 cm³/mol. The number of hydrogen-bond donors (Lipinski definition) is 5. The number of rotatable bonds is 17. The number of aliphatic hydroxyl groups is 1. The van der Waals surface area contributed by atoms with Gasteiger partial charge in [-0.1, -0.05) is 45.0 Å². The lowest BCUT2D eigenvalue weighted by atomic mass is 9.85. The molecule has 0 aliphatic carbocycles. The summed E-state index contributed by atoms with van der Waals surface area (Å²) in [5, 5.41) is 16.9. The third-order valence-electron chi connectivity index (χ3n) is 15.8. The number of alkyl halides is 1. The lowest BCUT2D eigenvalue weighted by Crippen LogP contribution is -2.59. The van der Waals surface area contributed by atoms with Crippen molar-refractivity contribution in [2.24, 2.45) is 11.3 Å². The standard InChI is InChI=1S/C57H67F3N12O7S2/c1-34-52(80-33-65-34)37-7-5-35(6-8-37)25-64-55(76)47-24-41(73)31-72(47)56(77)53(57(2,3)4)66-48(74)32-68-16-13-36(14-17-68)29-69-19-21-70(22-20-69)40-9-11-45(61-27-40)38-23-42-43(28-63-54(42)62-26-38)51(75)49-44(59)10-12-46(50(49)60)67-81(78,79)71-18-15-39(58)30-71/h5-12,23,26-28,33,36,39,41,47,53,67,73H,13-22,24-25,29-32H2,1-4H3,(H,62,63)(H,64,76)(H,66,74)/t39-,41-,47+,53-/m1/s1. The first-order valence-corrected chi connectivity index (χ1v) is 29.6. The highest BCUT2D eigenvalue weighted by molar-refractivity contribution is 7.90. The average Bonchev–Trinajstić information content (AvgIpc) is 4.41. The van der Waals surface area contributed by atoms with Gasteiger partial charge in [-0.15, -0.1) is 11.3 Å². The number of thiazole rings is 1. The van der Waals surface area contributed by atoms with Crippen molar-refractivity contribution < 1.29 is 45.9 Å². The van der Waals surface area contributed by atoms with Crippen molar-refractivity contribution in [3.8, 4) is 21.7 Å². The van der Waals surface area contributed by atoms with Crippen LogP contribution in [0.4, 0.5) is 24.5 Å². The molecule has 5 N–H and O–H groups in total. The predicted octanol–water partition coefficient (Wildman–Crippen LogP) is 5.91. The molecule has 2 aromatic carbocycles.